The van der Waals surface area contributed by atoms with Gasteiger partial charge in [0.25, 0.3) is 0 Å². The monoisotopic (exact) mass is 212 g/mol. The van der Waals surface area contributed by atoms with Crippen molar-refractivity contribution in [1.82, 2.24) is 0 Å². The zero-order chi connectivity index (χ0) is 11.3. The van der Waals surface area contributed by atoms with Crippen molar-refractivity contribution in [3.05, 3.63) is 23.8 Å². The average Bonchev–Trinajstić information content (AvgIpc) is 2.17. The quantitative estimate of drug-likeness (QED) is 0.335. The van der Waals surface area contributed by atoms with Gasteiger partial charge in [-0.25, -0.2) is 0 Å². The maximum Gasteiger partial charge on any atom is 0.151 e. The predicted molar refractivity (Wildman–Crippen MR) is 55.6 cm³/mol. The Hall–Kier alpha value is -1.26. The summed E-state index contributed by atoms with van der Waals surface area (Å²) in [5.41, 5.74) is 0.683. The molecule has 0 aromatic heterocycles. The molecule has 0 saturated heterocycles. The molecule has 1 aromatic carbocycles. The van der Waals surface area contributed by atoms with Gasteiger partial charge in [-0.1, -0.05) is 0 Å². The van der Waals surface area contributed by atoms with Crippen LogP contribution >= 0.6 is 0 Å². The molecule has 0 heterocycles. The number of aliphatic hydroxyl groups excluding tert-OH is 1. The van der Waals surface area contributed by atoms with Gasteiger partial charge in [-0.15, -0.1) is 0 Å². The standard InChI is InChI=1S/C11H16O4/c12-9-5-6-10(13)8(7-9)3-1-2-4-11(14)15/h5-7,11-15H,1-4H2. The third-order valence-electron chi connectivity index (χ3n) is 2.22. The highest BCUT2D eigenvalue weighted by Crippen LogP contribution is 2.23. The van der Waals surface area contributed by atoms with Crippen molar-refractivity contribution >= 4 is 0 Å². The molecule has 0 radical (unpaired) electrons. The highest BCUT2D eigenvalue weighted by molar-refractivity contribution is 5.38. The molecule has 0 aliphatic heterocycles. The van der Waals surface area contributed by atoms with Crippen LogP contribution in [0.25, 0.3) is 0 Å². The smallest absolute Gasteiger partial charge is 0.151 e. The van der Waals surface area contributed by atoms with Crippen LogP contribution in [-0.2, 0) is 6.42 Å². The minimum atomic E-state index is -1.26. The van der Waals surface area contributed by atoms with E-state index in [-0.39, 0.29) is 11.5 Å². The van der Waals surface area contributed by atoms with Crippen molar-refractivity contribution in [1.29, 1.82) is 0 Å². The number of phenolic OH excluding ortho intramolecular Hbond substituents is 2. The lowest BCUT2D eigenvalue weighted by Crippen LogP contribution is -2.03. The van der Waals surface area contributed by atoms with Crippen LogP contribution in [0.1, 0.15) is 24.8 Å². The van der Waals surface area contributed by atoms with Crippen LogP contribution in [0.4, 0.5) is 0 Å². The second kappa shape index (κ2) is 5.58. The van der Waals surface area contributed by atoms with Crippen LogP contribution in [0.15, 0.2) is 18.2 Å². The van der Waals surface area contributed by atoms with Gasteiger partial charge in [0.05, 0.1) is 0 Å². The summed E-state index contributed by atoms with van der Waals surface area (Å²) in [6, 6.07) is 4.40. The van der Waals surface area contributed by atoms with Crippen LogP contribution in [0, 0.1) is 0 Å². The highest BCUT2D eigenvalue weighted by Gasteiger charge is 2.03. The summed E-state index contributed by atoms with van der Waals surface area (Å²) in [6.07, 6.45) is 1.11. The Morgan fingerprint density at radius 3 is 2.47 bits per heavy atom. The normalized spacial score (nSPS) is 10.9. The Labute approximate surface area is 88.4 Å². The Morgan fingerprint density at radius 1 is 1.07 bits per heavy atom. The topological polar surface area (TPSA) is 80.9 Å². The van der Waals surface area contributed by atoms with Crippen molar-refractivity contribution in [2.45, 2.75) is 32.0 Å². The minimum Gasteiger partial charge on any atom is -0.508 e. The Balaban J connectivity index is 2.40. The van der Waals surface area contributed by atoms with Crippen molar-refractivity contribution < 1.29 is 20.4 Å². The molecule has 0 fully saturated rings. The van der Waals surface area contributed by atoms with Gasteiger partial charge in [0.1, 0.15) is 11.5 Å². The maximum absolute atomic E-state index is 9.43. The molecule has 0 aliphatic rings. The van der Waals surface area contributed by atoms with Crippen LogP contribution in [-0.4, -0.2) is 26.7 Å². The van der Waals surface area contributed by atoms with Gasteiger partial charge in [-0.05, 0) is 49.4 Å². The lowest BCUT2D eigenvalue weighted by Gasteiger charge is -2.06. The summed E-state index contributed by atoms with van der Waals surface area (Å²) in [7, 11) is 0. The van der Waals surface area contributed by atoms with Gasteiger partial charge in [-0.2, -0.15) is 0 Å². The molecule has 4 N–H and O–H groups in total. The van der Waals surface area contributed by atoms with E-state index in [1.54, 1.807) is 0 Å². The lowest BCUT2D eigenvalue weighted by atomic mass is 10.1. The summed E-state index contributed by atoms with van der Waals surface area (Å²) in [4.78, 5) is 0. The molecule has 4 nitrogen and oxygen atoms in total. The third kappa shape index (κ3) is 4.18. The van der Waals surface area contributed by atoms with Gasteiger partial charge in [0.15, 0.2) is 6.29 Å². The number of hydrogen-bond acceptors (Lipinski definition) is 4. The summed E-state index contributed by atoms with van der Waals surface area (Å²) >= 11 is 0. The van der Waals surface area contributed by atoms with Gasteiger partial charge >= 0.3 is 0 Å². The first kappa shape index (κ1) is 11.8. The fraction of sp³-hybridized carbons (Fsp3) is 0.455. The van der Waals surface area contributed by atoms with Crippen molar-refractivity contribution in [2.24, 2.45) is 0 Å². The van der Waals surface area contributed by atoms with Gasteiger partial charge in [0.2, 0.25) is 0 Å². The SMILES string of the molecule is Oc1ccc(O)c(CCCCC(O)O)c1. The van der Waals surface area contributed by atoms with E-state index in [1.807, 2.05) is 0 Å². The fourth-order valence-electron chi connectivity index (χ4n) is 1.41. The first-order chi connectivity index (χ1) is 7.09. The van der Waals surface area contributed by atoms with E-state index in [4.69, 9.17) is 10.2 Å². The molecular weight excluding hydrogens is 196 g/mol. The van der Waals surface area contributed by atoms with Crippen molar-refractivity contribution in [2.75, 3.05) is 0 Å². The highest BCUT2D eigenvalue weighted by atomic mass is 16.5. The Bertz CT molecular complexity index is 309. The predicted octanol–water partition coefficient (Wildman–Crippen LogP) is 1.12. The Morgan fingerprint density at radius 2 is 1.80 bits per heavy atom. The first-order valence-corrected chi connectivity index (χ1v) is 4.96. The number of hydrogen-bond donors (Lipinski definition) is 4. The molecule has 0 spiro atoms. The van der Waals surface area contributed by atoms with E-state index in [0.717, 1.165) is 6.42 Å². The average molecular weight is 212 g/mol. The number of benzene rings is 1. The fourth-order valence-corrected chi connectivity index (χ4v) is 1.41. The maximum atomic E-state index is 9.43. The molecule has 4 heteroatoms. The molecule has 0 saturated carbocycles. The van der Waals surface area contributed by atoms with Crippen LogP contribution in [0.3, 0.4) is 0 Å². The molecule has 0 amide bonds. The van der Waals surface area contributed by atoms with E-state index in [9.17, 15) is 10.2 Å². The molecule has 0 bridgehead atoms. The molecule has 1 rings (SSSR count). The molecule has 0 unspecified atom stereocenters. The van der Waals surface area contributed by atoms with E-state index in [0.29, 0.717) is 24.8 Å². The van der Waals surface area contributed by atoms with Crippen molar-refractivity contribution in [3.63, 3.8) is 0 Å². The second-order valence-corrected chi connectivity index (χ2v) is 3.54. The zero-order valence-electron chi connectivity index (χ0n) is 8.43. The van der Waals surface area contributed by atoms with E-state index in [2.05, 4.69) is 0 Å². The lowest BCUT2D eigenvalue weighted by molar-refractivity contribution is -0.0465. The largest absolute Gasteiger partial charge is 0.508 e. The number of aryl methyl sites for hydroxylation is 1. The van der Waals surface area contributed by atoms with Gasteiger partial charge in [-0.3, -0.25) is 0 Å². The molecule has 15 heavy (non-hydrogen) atoms. The Kier molecular flexibility index (Phi) is 4.39. The molecular formula is C11H16O4. The molecule has 0 atom stereocenters. The third-order valence-corrected chi connectivity index (χ3v) is 2.22. The molecule has 0 aliphatic carbocycles. The minimum absolute atomic E-state index is 0.130. The molecule has 84 valence electrons. The number of unbranched alkanes of at least 4 members (excludes halogenated alkanes) is 1. The summed E-state index contributed by atoms with van der Waals surface area (Å²) in [5.74, 6) is 0.294. The van der Waals surface area contributed by atoms with E-state index >= 15 is 0 Å². The van der Waals surface area contributed by atoms with Gasteiger partial charge in [0, 0.05) is 0 Å². The van der Waals surface area contributed by atoms with Crippen LogP contribution in [0.5, 0.6) is 11.5 Å². The summed E-state index contributed by atoms with van der Waals surface area (Å²) in [6.45, 7) is 0. The van der Waals surface area contributed by atoms with Crippen molar-refractivity contribution in [3.8, 4) is 11.5 Å². The number of rotatable bonds is 5. The van der Waals surface area contributed by atoms with Gasteiger partial charge < -0.3 is 20.4 Å². The summed E-state index contributed by atoms with van der Waals surface area (Å²) < 4.78 is 0. The molecule has 1 aromatic rings. The number of aromatic hydroxyl groups is 2. The van der Waals surface area contributed by atoms with Crippen LogP contribution < -0.4 is 0 Å². The second-order valence-electron chi connectivity index (χ2n) is 3.54. The number of phenols is 2. The van der Waals surface area contributed by atoms with E-state index in [1.165, 1.54) is 18.2 Å². The summed E-state index contributed by atoms with van der Waals surface area (Å²) in [5, 5.41) is 35.9. The first-order valence-electron chi connectivity index (χ1n) is 4.96. The zero-order valence-corrected chi connectivity index (χ0v) is 8.43. The van der Waals surface area contributed by atoms with E-state index < -0.39 is 6.29 Å². The van der Waals surface area contributed by atoms with Crippen LogP contribution in [0.2, 0.25) is 0 Å². The number of aliphatic hydroxyl groups is 2.